The van der Waals surface area contributed by atoms with Crippen molar-refractivity contribution in [3.63, 3.8) is 0 Å². The summed E-state index contributed by atoms with van der Waals surface area (Å²) in [6.07, 6.45) is 1.25. The number of hydrogen-bond acceptors (Lipinski definition) is 7. The molecule has 0 bridgehead atoms. The summed E-state index contributed by atoms with van der Waals surface area (Å²) in [5, 5.41) is 29.8. The second kappa shape index (κ2) is 11.9. The molecule has 0 aliphatic carbocycles. The number of aromatic nitrogens is 1. The maximum atomic E-state index is 13.1. The zero-order valence-corrected chi connectivity index (χ0v) is 21.4. The van der Waals surface area contributed by atoms with Crippen LogP contribution < -0.4 is 15.4 Å². The molecule has 0 aromatic carbocycles. The largest absolute Gasteiger partial charge is 0.618 e. The standard InChI is InChI=1S/C23H32N4O6S2/c1-16(2)13-19(24-21(29)14-17-7-6-12-34-17)23(30)25-18-8-5-10-26(15-20(18)28)35(32,33)22-9-3-4-11-27(22)31/h3-4,6-7,9,11-12,16,18-20,28H,5,8,10,13-15H2,1-2H3,(H,24,29)(H,25,30)/t18?,19?,20-/m0/s1. The SMILES string of the molecule is CC(C)CC(NC(=O)Cc1cccs1)C(=O)NC1CCCN(S(=O)(=O)c2cccc[n+]2[O-])C[C@@H]1O. The van der Waals surface area contributed by atoms with Crippen LogP contribution >= 0.6 is 11.3 Å². The minimum absolute atomic E-state index is 0.105. The van der Waals surface area contributed by atoms with Crippen LogP contribution in [-0.2, 0) is 26.0 Å². The van der Waals surface area contributed by atoms with Crippen LogP contribution in [0.15, 0.2) is 46.9 Å². The molecule has 0 spiro atoms. The molecule has 12 heteroatoms. The minimum Gasteiger partial charge on any atom is -0.618 e. The molecule has 1 saturated heterocycles. The fourth-order valence-electron chi connectivity index (χ4n) is 4.04. The highest BCUT2D eigenvalue weighted by atomic mass is 32.2. The molecule has 1 aliphatic rings. The van der Waals surface area contributed by atoms with Crippen molar-refractivity contribution in [2.75, 3.05) is 13.1 Å². The molecule has 1 fully saturated rings. The van der Waals surface area contributed by atoms with Gasteiger partial charge in [0.1, 0.15) is 6.04 Å². The maximum Gasteiger partial charge on any atom is 0.323 e. The van der Waals surface area contributed by atoms with Crippen LogP contribution in [0.4, 0.5) is 0 Å². The van der Waals surface area contributed by atoms with Crippen LogP contribution in [0.5, 0.6) is 0 Å². The van der Waals surface area contributed by atoms with Crippen molar-refractivity contribution in [3.05, 3.63) is 52.0 Å². The Labute approximate surface area is 209 Å². The number of thiophene rings is 1. The average Bonchev–Trinajstić information content (AvgIpc) is 3.22. The van der Waals surface area contributed by atoms with Gasteiger partial charge >= 0.3 is 15.0 Å². The van der Waals surface area contributed by atoms with Crippen LogP contribution in [-0.4, -0.2) is 60.9 Å². The molecule has 0 radical (unpaired) electrons. The number of rotatable bonds is 9. The number of aliphatic hydroxyl groups is 1. The Balaban J connectivity index is 1.66. The fraction of sp³-hybridized carbons (Fsp3) is 0.522. The van der Waals surface area contributed by atoms with Crippen LogP contribution in [0.2, 0.25) is 0 Å². The quantitative estimate of drug-likeness (QED) is 0.327. The van der Waals surface area contributed by atoms with E-state index in [1.165, 1.54) is 29.5 Å². The van der Waals surface area contributed by atoms with E-state index >= 15 is 0 Å². The molecule has 3 atom stereocenters. The minimum atomic E-state index is -4.12. The first-order valence-electron chi connectivity index (χ1n) is 11.6. The maximum absolute atomic E-state index is 13.1. The number of carbonyl (C=O) groups is 2. The first-order valence-corrected chi connectivity index (χ1v) is 13.9. The van der Waals surface area contributed by atoms with Gasteiger partial charge in [-0.25, -0.2) is 8.42 Å². The lowest BCUT2D eigenvalue weighted by Gasteiger charge is -2.27. The van der Waals surface area contributed by atoms with Crippen molar-refractivity contribution in [1.29, 1.82) is 0 Å². The van der Waals surface area contributed by atoms with E-state index in [9.17, 15) is 28.3 Å². The summed E-state index contributed by atoms with van der Waals surface area (Å²) in [4.78, 5) is 26.5. The van der Waals surface area contributed by atoms with Crippen LogP contribution in [0.3, 0.4) is 0 Å². The monoisotopic (exact) mass is 524 g/mol. The summed E-state index contributed by atoms with van der Waals surface area (Å²) >= 11 is 1.46. The summed E-state index contributed by atoms with van der Waals surface area (Å²) in [6.45, 7) is 3.73. The molecular formula is C23H32N4O6S2. The molecule has 2 aromatic heterocycles. The van der Waals surface area contributed by atoms with Crippen molar-refractivity contribution < 1.29 is 27.8 Å². The van der Waals surface area contributed by atoms with Crippen LogP contribution in [0, 0.1) is 11.1 Å². The van der Waals surface area contributed by atoms with E-state index in [-0.39, 0.29) is 36.1 Å². The van der Waals surface area contributed by atoms with Crippen LogP contribution in [0.1, 0.15) is 38.0 Å². The summed E-state index contributed by atoms with van der Waals surface area (Å²) in [6, 6.07) is 6.35. The van der Waals surface area contributed by atoms with Gasteiger partial charge in [-0.3, -0.25) is 9.59 Å². The lowest BCUT2D eigenvalue weighted by Crippen LogP contribution is -2.54. The molecule has 2 unspecified atom stereocenters. The number of hydrogen-bond donors (Lipinski definition) is 3. The number of carbonyl (C=O) groups excluding carboxylic acids is 2. The molecular weight excluding hydrogens is 492 g/mol. The van der Waals surface area contributed by atoms with Crippen molar-refractivity contribution >= 4 is 33.2 Å². The van der Waals surface area contributed by atoms with Gasteiger partial charge < -0.3 is 20.9 Å². The van der Waals surface area contributed by atoms with E-state index in [1.54, 1.807) is 0 Å². The highest BCUT2D eigenvalue weighted by molar-refractivity contribution is 7.88. The molecule has 0 saturated carbocycles. The molecule has 3 heterocycles. The third-order valence-electron chi connectivity index (χ3n) is 5.77. The van der Waals surface area contributed by atoms with Gasteiger partial charge in [0.2, 0.25) is 11.8 Å². The van der Waals surface area contributed by atoms with Gasteiger partial charge in [0.15, 0.2) is 6.20 Å². The lowest BCUT2D eigenvalue weighted by molar-refractivity contribution is -0.646. The van der Waals surface area contributed by atoms with E-state index in [0.29, 0.717) is 19.3 Å². The predicted molar refractivity (Wildman–Crippen MR) is 131 cm³/mol. The van der Waals surface area contributed by atoms with E-state index in [4.69, 9.17) is 0 Å². The molecule has 3 rings (SSSR count). The number of aliphatic hydroxyl groups excluding tert-OH is 1. The van der Waals surface area contributed by atoms with E-state index < -0.39 is 39.1 Å². The zero-order valence-electron chi connectivity index (χ0n) is 19.8. The molecule has 10 nitrogen and oxygen atoms in total. The number of nitrogens with one attached hydrogen (secondary N) is 2. The summed E-state index contributed by atoms with van der Waals surface area (Å²) < 4.78 is 27.3. The zero-order chi connectivity index (χ0) is 25.6. The molecule has 35 heavy (non-hydrogen) atoms. The Bertz CT molecular complexity index is 1110. The first kappa shape index (κ1) is 27.1. The fourth-order valence-corrected chi connectivity index (χ4v) is 6.27. The first-order chi connectivity index (χ1) is 16.6. The van der Waals surface area contributed by atoms with Gasteiger partial charge in [0.05, 0.1) is 18.6 Å². The Kier molecular flexibility index (Phi) is 9.22. The number of β-amino-alcohol motifs (C(OH)–C–C–N with tert-alkyl or cyclic N) is 1. The van der Waals surface area contributed by atoms with Crippen molar-refractivity contribution in [2.45, 2.75) is 62.7 Å². The lowest BCUT2D eigenvalue weighted by atomic mass is 10.0. The van der Waals surface area contributed by atoms with E-state index in [1.807, 2.05) is 31.4 Å². The average molecular weight is 525 g/mol. The summed E-state index contributed by atoms with van der Waals surface area (Å²) in [5.74, 6) is -0.545. The van der Waals surface area contributed by atoms with Gasteiger partial charge in [0.25, 0.3) is 0 Å². The second-order valence-corrected chi connectivity index (χ2v) is 12.0. The topological polar surface area (TPSA) is 143 Å². The van der Waals surface area contributed by atoms with Crippen LogP contribution in [0.25, 0.3) is 0 Å². The predicted octanol–water partition coefficient (Wildman–Crippen LogP) is 0.785. The van der Waals surface area contributed by atoms with Crippen molar-refractivity contribution in [3.8, 4) is 0 Å². The number of nitrogens with zero attached hydrogens (tertiary/aromatic N) is 2. The van der Waals surface area contributed by atoms with Crippen molar-refractivity contribution in [1.82, 2.24) is 14.9 Å². The Morgan fingerprint density at radius 1 is 1.29 bits per heavy atom. The van der Waals surface area contributed by atoms with Crippen molar-refractivity contribution in [2.24, 2.45) is 5.92 Å². The Morgan fingerprint density at radius 3 is 2.71 bits per heavy atom. The van der Waals surface area contributed by atoms with Gasteiger partial charge in [0, 0.05) is 30.1 Å². The molecule has 2 aromatic rings. The van der Waals surface area contributed by atoms with E-state index in [2.05, 4.69) is 10.6 Å². The molecule has 3 N–H and O–H groups in total. The van der Waals surface area contributed by atoms with Gasteiger partial charge in [-0.1, -0.05) is 19.9 Å². The van der Waals surface area contributed by atoms with Gasteiger partial charge in [-0.2, -0.15) is 9.04 Å². The molecule has 2 amide bonds. The number of amides is 2. The van der Waals surface area contributed by atoms with E-state index in [0.717, 1.165) is 15.4 Å². The smallest absolute Gasteiger partial charge is 0.323 e. The highest BCUT2D eigenvalue weighted by Crippen LogP contribution is 2.19. The third-order valence-corrected chi connectivity index (χ3v) is 8.50. The number of pyridine rings is 1. The Morgan fingerprint density at radius 2 is 2.06 bits per heavy atom. The van der Waals surface area contributed by atoms with Gasteiger partial charge in [-0.15, -0.1) is 11.3 Å². The molecule has 192 valence electrons. The molecule has 1 aliphatic heterocycles. The normalized spacial score (nSPS) is 20.2. The van der Waals surface area contributed by atoms with Gasteiger partial charge in [-0.05, 0) is 42.7 Å². The second-order valence-electron chi connectivity index (χ2n) is 9.06. The Hall–Kier alpha value is -2.54. The summed E-state index contributed by atoms with van der Waals surface area (Å²) in [5.41, 5.74) is 0. The highest BCUT2D eigenvalue weighted by Gasteiger charge is 2.37. The third kappa shape index (κ3) is 7.23. The number of sulfonamides is 1. The summed E-state index contributed by atoms with van der Waals surface area (Å²) in [7, 11) is -4.12.